The Morgan fingerprint density at radius 2 is 1.71 bits per heavy atom. The molecule has 1 unspecified atom stereocenters. The van der Waals surface area contributed by atoms with Crippen molar-refractivity contribution in [3.8, 4) is 5.75 Å². The van der Waals surface area contributed by atoms with Crippen molar-refractivity contribution < 1.29 is 51.7 Å². The lowest BCUT2D eigenvalue weighted by Gasteiger charge is -2.33. The number of carbonyl (C=O) groups is 3. The predicted octanol–water partition coefficient (Wildman–Crippen LogP) is 4.09. The van der Waals surface area contributed by atoms with Crippen LogP contribution in [0.3, 0.4) is 0 Å². The number of hydrogen-bond donors (Lipinski definition) is 1. The summed E-state index contributed by atoms with van der Waals surface area (Å²) < 4.78 is 56.7. The highest BCUT2D eigenvalue weighted by Crippen LogP contribution is 2.49. The molecule has 17 nitrogen and oxygen atoms in total. The molecule has 0 saturated carbocycles. The first-order valence-electron chi connectivity index (χ1n) is 18.5. The van der Waals surface area contributed by atoms with Gasteiger partial charge in [0.1, 0.15) is 41.6 Å². The molecule has 0 spiro atoms. The second-order valence-corrected chi connectivity index (χ2v) is 16.6. The van der Waals surface area contributed by atoms with Crippen LogP contribution in [0.1, 0.15) is 60.8 Å². The van der Waals surface area contributed by atoms with Crippen molar-refractivity contribution in [2.45, 2.75) is 103 Å². The molecule has 2 saturated heterocycles. The van der Waals surface area contributed by atoms with Crippen LogP contribution in [-0.4, -0.2) is 122 Å². The van der Waals surface area contributed by atoms with Crippen molar-refractivity contribution in [1.82, 2.24) is 15.0 Å². The van der Waals surface area contributed by atoms with Crippen LogP contribution in [0.5, 0.6) is 5.75 Å². The quantitative estimate of drug-likeness (QED) is 0.0880. The van der Waals surface area contributed by atoms with E-state index >= 15 is 0 Å². The van der Waals surface area contributed by atoms with Gasteiger partial charge in [0.05, 0.1) is 44.0 Å². The van der Waals surface area contributed by atoms with E-state index in [1.807, 2.05) is 20.2 Å². The zero-order valence-corrected chi connectivity index (χ0v) is 33.5. The normalized spacial score (nSPS) is 27.0. The Balaban J connectivity index is 1.45. The number of hydrogen-bond acceptors (Lipinski definition) is 15. The number of para-hydroxylation sites is 1. The third kappa shape index (κ3) is 10.6. The van der Waals surface area contributed by atoms with E-state index in [9.17, 15) is 18.9 Å². The Kier molecular flexibility index (Phi) is 13.9. The molecule has 55 heavy (non-hydrogen) atoms. The number of nitrogens with zero attached hydrogens (tertiary/aromatic N) is 5. The monoisotopic (exact) mass is 788 g/mol. The van der Waals surface area contributed by atoms with E-state index in [4.69, 9.17) is 32.7 Å². The van der Waals surface area contributed by atoms with Crippen molar-refractivity contribution in [2.75, 3.05) is 33.9 Å². The van der Waals surface area contributed by atoms with Crippen LogP contribution < -0.4 is 9.61 Å². The van der Waals surface area contributed by atoms with E-state index in [0.717, 1.165) is 0 Å². The number of nitrogens with one attached hydrogen (secondary N) is 1. The maximum atomic E-state index is 14.6. The van der Waals surface area contributed by atoms with Gasteiger partial charge < -0.3 is 33.1 Å². The first-order chi connectivity index (χ1) is 26.1. The van der Waals surface area contributed by atoms with Gasteiger partial charge in [0.2, 0.25) is 0 Å². The molecule has 4 aliphatic rings. The van der Waals surface area contributed by atoms with E-state index in [2.05, 4.69) is 20.2 Å². The van der Waals surface area contributed by atoms with Crippen LogP contribution in [0.4, 0.5) is 0 Å². The molecule has 2 fully saturated rings. The van der Waals surface area contributed by atoms with Gasteiger partial charge >= 0.3 is 25.7 Å². The van der Waals surface area contributed by atoms with Crippen LogP contribution >= 0.6 is 7.75 Å². The molecule has 5 rings (SSSR count). The molecular weight excluding hydrogens is 735 g/mol. The average molecular weight is 789 g/mol. The molecular formula is C37H53N6O11P. The molecule has 302 valence electrons. The number of esters is 3. The highest BCUT2D eigenvalue weighted by molar-refractivity contribution is 7.52. The summed E-state index contributed by atoms with van der Waals surface area (Å²) in [6, 6.07) is 6.64. The third-order valence-corrected chi connectivity index (χ3v) is 10.8. The average Bonchev–Trinajstić information content (AvgIpc) is 3.69. The van der Waals surface area contributed by atoms with E-state index in [1.54, 1.807) is 81.2 Å². The van der Waals surface area contributed by atoms with Gasteiger partial charge in [-0.15, -0.1) is 0 Å². The predicted molar refractivity (Wildman–Crippen MR) is 202 cm³/mol. The minimum absolute atomic E-state index is 0.201. The molecule has 0 bridgehead atoms. The number of hydrazone groups is 1. The van der Waals surface area contributed by atoms with Crippen LogP contribution in [0, 0.1) is 11.8 Å². The third-order valence-electron chi connectivity index (χ3n) is 9.20. The Morgan fingerprint density at radius 1 is 1.04 bits per heavy atom. The fraction of sp³-hybridized carbons (Fsp3) is 0.622. The molecule has 1 aromatic carbocycles. The highest BCUT2D eigenvalue weighted by Gasteiger charge is 2.61. The summed E-state index contributed by atoms with van der Waals surface area (Å²) in [6.45, 7) is 10.3. The zero-order chi connectivity index (χ0) is 39.9. The van der Waals surface area contributed by atoms with Crippen molar-refractivity contribution >= 4 is 44.2 Å². The smallest absolute Gasteiger partial charge is 0.459 e. The molecule has 7 atom stereocenters. The molecule has 1 N–H and O–H groups in total. The van der Waals surface area contributed by atoms with Gasteiger partial charge in [-0.1, -0.05) is 52.0 Å². The topological polar surface area (TPSA) is 188 Å². The largest absolute Gasteiger partial charge is 0.461 e. The summed E-state index contributed by atoms with van der Waals surface area (Å²) in [6.07, 6.45) is 2.69. The molecule has 0 amide bonds. The molecule has 0 aliphatic carbocycles. The number of ether oxygens (including phenoxy) is 5. The first kappa shape index (κ1) is 42.0. The summed E-state index contributed by atoms with van der Waals surface area (Å²) in [5, 5.41) is 8.93. The summed E-state index contributed by atoms with van der Waals surface area (Å²) in [7, 11) is -0.742. The number of rotatable bonds is 15. The van der Waals surface area contributed by atoms with Gasteiger partial charge in [-0.2, -0.15) is 10.2 Å². The molecule has 0 aromatic heterocycles. The summed E-state index contributed by atoms with van der Waals surface area (Å²) in [5.41, 5.74) is -0.960. The molecule has 4 aliphatic heterocycles. The Morgan fingerprint density at radius 3 is 2.36 bits per heavy atom. The lowest BCUT2D eigenvalue weighted by atomic mass is 9.94. The Bertz CT molecular complexity index is 1700. The van der Waals surface area contributed by atoms with Crippen molar-refractivity contribution in [3.63, 3.8) is 0 Å². The lowest BCUT2D eigenvalue weighted by molar-refractivity contribution is -0.175. The van der Waals surface area contributed by atoms with Crippen molar-refractivity contribution in [1.29, 1.82) is 0 Å². The van der Waals surface area contributed by atoms with Gasteiger partial charge in [0.25, 0.3) is 0 Å². The van der Waals surface area contributed by atoms with Crippen LogP contribution in [0.15, 0.2) is 57.2 Å². The zero-order valence-electron chi connectivity index (χ0n) is 32.7. The highest BCUT2D eigenvalue weighted by atomic mass is 31.2. The fourth-order valence-corrected chi connectivity index (χ4v) is 7.78. The Hall–Kier alpha value is -4.15. The van der Waals surface area contributed by atoms with Crippen molar-refractivity contribution in [2.24, 2.45) is 26.9 Å². The number of carbonyl (C=O) groups excluding carboxylic acids is 3. The number of benzene rings is 1. The van der Waals surface area contributed by atoms with Crippen molar-refractivity contribution in [3.05, 3.63) is 42.1 Å². The van der Waals surface area contributed by atoms with Gasteiger partial charge in [0.15, 0.2) is 18.0 Å². The minimum atomic E-state index is -4.42. The number of amidine groups is 1. The molecule has 4 heterocycles. The SMILES string of the molecule is CC(C)C(=O)O[C@H]1[C@H](C2CC=C3C(N=CN(C)C)=NC=NN32)O[C@](C)(CO[P@@](=O)(N[C@@H](C)C(=O)OC2CCOCC2)Oc2ccccc2)[C@H]1OC(=O)C(C)C. The summed E-state index contributed by atoms with van der Waals surface area (Å²) >= 11 is 0. The maximum absolute atomic E-state index is 14.6. The lowest BCUT2D eigenvalue weighted by Crippen LogP contribution is -2.50. The number of aliphatic imine (C=N–C) groups is 2. The van der Waals surface area contributed by atoms with E-state index in [1.165, 1.54) is 13.3 Å². The first-order valence-corrected chi connectivity index (χ1v) is 20.1. The maximum Gasteiger partial charge on any atom is 0.459 e. The van der Waals surface area contributed by atoms with Gasteiger partial charge in [0, 0.05) is 26.9 Å². The van der Waals surface area contributed by atoms with Crippen LogP contribution in [-0.2, 0) is 47.2 Å². The fourth-order valence-electron chi connectivity index (χ4n) is 6.19. The second kappa shape index (κ2) is 18.2. The second-order valence-electron chi connectivity index (χ2n) is 14.9. The van der Waals surface area contributed by atoms with Crippen LogP contribution in [0.2, 0.25) is 0 Å². The van der Waals surface area contributed by atoms with Crippen LogP contribution in [0.25, 0.3) is 0 Å². The summed E-state index contributed by atoms with van der Waals surface area (Å²) in [4.78, 5) is 50.4. The number of fused-ring (bicyclic) bond motifs is 1. The van der Waals surface area contributed by atoms with Gasteiger partial charge in [-0.05, 0) is 32.4 Å². The molecule has 0 radical (unpaired) electrons. The van der Waals surface area contributed by atoms with E-state index in [-0.39, 0.29) is 11.9 Å². The van der Waals surface area contributed by atoms with Gasteiger partial charge in [-0.3, -0.25) is 23.9 Å². The molecule has 1 aromatic rings. The minimum Gasteiger partial charge on any atom is -0.461 e. The molecule has 18 heteroatoms. The van der Waals surface area contributed by atoms with E-state index < -0.39 is 80.1 Å². The Labute approximate surface area is 322 Å². The van der Waals surface area contributed by atoms with E-state index in [0.29, 0.717) is 44.0 Å². The standard InChI is InChI=1S/C37H53N6O11P/c1-23(2)34(44)51-31-30(28-14-15-29-33(39-22-42(7)8)38-21-40-43(28)29)53-37(6,32(31)52-35(45)24(3)4)20-49-55(47,54-27-12-10-9-11-13-27)41-25(5)36(46)50-26-16-18-48-19-17-26/h9-13,15,21-26,28,30-32H,14,16-20H2,1-8H3,(H,41,47)/t25-,28?,30-,31-,32-,37+,55-/m0/s1. The summed E-state index contributed by atoms with van der Waals surface area (Å²) in [5.74, 6) is -2.23. The van der Waals surface area contributed by atoms with Gasteiger partial charge in [-0.25, -0.2) is 14.5 Å².